The highest BCUT2D eigenvalue weighted by Crippen LogP contribution is 2.16. The molecular formula is C14H20N2O3S. The predicted octanol–water partition coefficient (Wildman–Crippen LogP) is 1.10. The zero-order valence-electron chi connectivity index (χ0n) is 11.4. The van der Waals surface area contributed by atoms with Crippen LogP contribution in [-0.2, 0) is 4.79 Å². The van der Waals surface area contributed by atoms with Gasteiger partial charge in [0.05, 0.1) is 4.88 Å². The van der Waals surface area contributed by atoms with Crippen molar-refractivity contribution in [3.05, 3.63) is 22.4 Å². The molecule has 1 aliphatic rings. The monoisotopic (exact) mass is 296 g/mol. The van der Waals surface area contributed by atoms with Gasteiger partial charge in [-0.1, -0.05) is 6.07 Å². The fraction of sp³-hybridized carbons (Fsp3) is 0.571. The van der Waals surface area contributed by atoms with E-state index in [1.807, 2.05) is 16.3 Å². The largest absolute Gasteiger partial charge is 0.396 e. The van der Waals surface area contributed by atoms with Crippen LogP contribution in [0.1, 0.15) is 28.9 Å². The van der Waals surface area contributed by atoms with Crippen LogP contribution in [0.4, 0.5) is 0 Å². The van der Waals surface area contributed by atoms with Gasteiger partial charge in [-0.25, -0.2) is 0 Å². The standard InChI is InChI=1S/C14H20N2O3S/c17-10-11-4-7-16(8-5-11)13(18)3-6-15-14(19)12-2-1-9-20-12/h1-2,9,11,17H,3-8,10H2,(H,15,19). The zero-order valence-corrected chi connectivity index (χ0v) is 12.2. The second-order valence-corrected chi connectivity index (χ2v) is 5.94. The number of thiophene rings is 1. The van der Waals surface area contributed by atoms with Crippen molar-refractivity contribution in [3.8, 4) is 0 Å². The average molecular weight is 296 g/mol. The maximum absolute atomic E-state index is 12.0. The van der Waals surface area contributed by atoms with Crippen molar-refractivity contribution in [1.82, 2.24) is 10.2 Å². The van der Waals surface area contributed by atoms with Crippen molar-refractivity contribution in [2.75, 3.05) is 26.2 Å². The third-order valence-corrected chi connectivity index (χ3v) is 4.46. The van der Waals surface area contributed by atoms with E-state index in [0.717, 1.165) is 12.8 Å². The average Bonchev–Trinajstić information content (AvgIpc) is 3.01. The molecule has 20 heavy (non-hydrogen) atoms. The third kappa shape index (κ3) is 4.05. The molecule has 2 N–H and O–H groups in total. The molecule has 110 valence electrons. The fourth-order valence-corrected chi connectivity index (χ4v) is 2.94. The van der Waals surface area contributed by atoms with Crippen LogP contribution in [0.15, 0.2) is 17.5 Å². The molecule has 1 aliphatic heterocycles. The summed E-state index contributed by atoms with van der Waals surface area (Å²) >= 11 is 1.39. The highest BCUT2D eigenvalue weighted by atomic mass is 32.1. The number of carbonyl (C=O) groups is 2. The highest BCUT2D eigenvalue weighted by Gasteiger charge is 2.21. The third-order valence-electron chi connectivity index (χ3n) is 3.59. The van der Waals surface area contributed by atoms with Gasteiger partial charge in [-0.3, -0.25) is 9.59 Å². The van der Waals surface area contributed by atoms with E-state index in [-0.39, 0.29) is 18.4 Å². The van der Waals surface area contributed by atoms with E-state index in [2.05, 4.69) is 5.32 Å². The van der Waals surface area contributed by atoms with Crippen molar-refractivity contribution < 1.29 is 14.7 Å². The summed E-state index contributed by atoms with van der Waals surface area (Å²) in [5.74, 6) is 0.289. The molecule has 6 heteroatoms. The number of amides is 2. The van der Waals surface area contributed by atoms with Crippen molar-refractivity contribution in [3.63, 3.8) is 0 Å². The predicted molar refractivity (Wildman–Crippen MR) is 77.7 cm³/mol. The molecule has 0 spiro atoms. The summed E-state index contributed by atoms with van der Waals surface area (Å²) < 4.78 is 0. The number of nitrogens with one attached hydrogen (secondary N) is 1. The first-order valence-electron chi connectivity index (χ1n) is 6.91. The van der Waals surface area contributed by atoms with Gasteiger partial charge in [-0.15, -0.1) is 11.3 Å². The first-order valence-corrected chi connectivity index (χ1v) is 7.79. The lowest BCUT2D eigenvalue weighted by Crippen LogP contribution is -2.40. The topological polar surface area (TPSA) is 69.6 Å². The Morgan fingerprint density at radius 1 is 1.40 bits per heavy atom. The molecular weight excluding hydrogens is 276 g/mol. The molecule has 1 aromatic heterocycles. The molecule has 0 aliphatic carbocycles. The van der Waals surface area contributed by atoms with Crippen LogP contribution in [0.3, 0.4) is 0 Å². The second kappa shape index (κ2) is 7.40. The Hall–Kier alpha value is -1.40. The maximum atomic E-state index is 12.0. The summed E-state index contributed by atoms with van der Waals surface area (Å²) in [5.41, 5.74) is 0. The first-order chi connectivity index (χ1) is 9.70. The van der Waals surface area contributed by atoms with Crippen molar-refractivity contribution in [2.45, 2.75) is 19.3 Å². The second-order valence-electron chi connectivity index (χ2n) is 4.99. The Kier molecular flexibility index (Phi) is 5.55. The Morgan fingerprint density at radius 2 is 2.15 bits per heavy atom. The normalized spacial score (nSPS) is 16.1. The molecule has 0 aromatic carbocycles. The molecule has 0 unspecified atom stereocenters. The van der Waals surface area contributed by atoms with Crippen molar-refractivity contribution in [2.24, 2.45) is 5.92 Å². The maximum Gasteiger partial charge on any atom is 0.261 e. The smallest absolute Gasteiger partial charge is 0.261 e. The van der Waals surface area contributed by atoms with E-state index >= 15 is 0 Å². The molecule has 2 rings (SSSR count). The minimum atomic E-state index is -0.119. The van der Waals surface area contributed by atoms with Crippen molar-refractivity contribution >= 4 is 23.2 Å². The van der Waals surface area contributed by atoms with E-state index in [0.29, 0.717) is 36.9 Å². The number of carbonyl (C=O) groups excluding carboxylic acids is 2. The van der Waals surface area contributed by atoms with Crippen LogP contribution in [0, 0.1) is 5.92 Å². The van der Waals surface area contributed by atoms with Gasteiger partial charge in [0, 0.05) is 32.7 Å². The summed E-state index contributed by atoms with van der Waals surface area (Å²) in [6.45, 7) is 2.00. The summed E-state index contributed by atoms with van der Waals surface area (Å²) in [4.78, 5) is 26.2. The SMILES string of the molecule is O=C(NCCC(=O)N1CCC(CO)CC1)c1cccs1. The van der Waals surface area contributed by atoms with Gasteiger partial charge < -0.3 is 15.3 Å². The van der Waals surface area contributed by atoms with E-state index < -0.39 is 0 Å². The summed E-state index contributed by atoms with van der Waals surface area (Å²) in [6, 6.07) is 3.59. The number of rotatable bonds is 5. The molecule has 2 heterocycles. The highest BCUT2D eigenvalue weighted by molar-refractivity contribution is 7.12. The minimum Gasteiger partial charge on any atom is -0.396 e. The number of hydrogen-bond acceptors (Lipinski definition) is 4. The summed E-state index contributed by atoms with van der Waals surface area (Å²) in [6.07, 6.45) is 2.06. The van der Waals surface area contributed by atoms with Crippen LogP contribution in [0.5, 0.6) is 0 Å². The summed E-state index contributed by atoms with van der Waals surface area (Å²) in [7, 11) is 0. The van der Waals surface area contributed by atoms with Crippen LogP contribution in [-0.4, -0.2) is 48.1 Å². The number of likely N-dealkylation sites (tertiary alicyclic amines) is 1. The number of nitrogens with zero attached hydrogens (tertiary/aromatic N) is 1. The lowest BCUT2D eigenvalue weighted by Gasteiger charge is -2.31. The van der Waals surface area contributed by atoms with Crippen LogP contribution >= 0.6 is 11.3 Å². The van der Waals surface area contributed by atoms with E-state index in [9.17, 15) is 9.59 Å². The molecule has 2 amide bonds. The Bertz CT molecular complexity index is 439. The molecule has 1 aromatic rings. The minimum absolute atomic E-state index is 0.0767. The first kappa shape index (κ1) is 15.0. The molecule has 0 radical (unpaired) electrons. The zero-order chi connectivity index (χ0) is 14.4. The number of hydrogen-bond donors (Lipinski definition) is 2. The van der Waals surface area contributed by atoms with Crippen molar-refractivity contribution in [1.29, 1.82) is 0 Å². The fourth-order valence-electron chi connectivity index (χ4n) is 2.30. The van der Waals surface area contributed by atoms with E-state index in [4.69, 9.17) is 5.11 Å². The number of aliphatic hydroxyl groups excluding tert-OH is 1. The van der Waals surface area contributed by atoms with Gasteiger partial charge in [0.25, 0.3) is 5.91 Å². The molecule has 0 saturated carbocycles. The quantitative estimate of drug-likeness (QED) is 0.855. The molecule has 5 nitrogen and oxygen atoms in total. The molecule has 0 atom stereocenters. The van der Waals surface area contributed by atoms with Gasteiger partial charge in [-0.2, -0.15) is 0 Å². The molecule has 1 saturated heterocycles. The lowest BCUT2D eigenvalue weighted by atomic mass is 9.98. The van der Waals surface area contributed by atoms with Crippen LogP contribution in [0.2, 0.25) is 0 Å². The van der Waals surface area contributed by atoms with Gasteiger partial charge in [0.2, 0.25) is 5.91 Å². The Morgan fingerprint density at radius 3 is 2.75 bits per heavy atom. The van der Waals surface area contributed by atoms with E-state index in [1.165, 1.54) is 11.3 Å². The summed E-state index contributed by atoms with van der Waals surface area (Å²) in [5, 5.41) is 13.7. The molecule has 1 fully saturated rings. The van der Waals surface area contributed by atoms with Gasteiger partial charge in [0.1, 0.15) is 0 Å². The van der Waals surface area contributed by atoms with Crippen LogP contribution < -0.4 is 5.32 Å². The Balaban J connectivity index is 1.67. The van der Waals surface area contributed by atoms with Crippen LogP contribution in [0.25, 0.3) is 0 Å². The number of piperidine rings is 1. The lowest BCUT2D eigenvalue weighted by molar-refractivity contribution is -0.132. The van der Waals surface area contributed by atoms with Gasteiger partial charge in [0.15, 0.2) is 0 Å². The van der Waals surface area contributed by atoms with Gasteiger partial charge in [-0.05, 0) is 30.2 Å². The number of aliphatic hydroxyl groups is 1. The Labute approximate surface area is 122 Å². The van der Waals surface area contributed by atoms with E-state index in [1.54, 1.807) is 6.07 Å². The molecule has 0 bridgehead atoms. The van der Waals surface area contributed by atoms with Gasteiger partial charge >= 0.3 is 0 Å².